The zero-order valence-electron chi connectivity index (χ0n) is 5.71. The highest BCUT2D eigenvalue weighted by atomic mass is 79.9. The number of aromatic hydroxyl groups is 1. The fourth-order valence-electron chi connectivity index (χ4n) is 0.669. The van der Waals surface area contributed by atoms with Crippen LogP contribution in [0.3, 0.4) is 0 Å². The van der Waals surface area contributed by atoms with Gasteiger partial charge in [-0.2, -0.15) is 5.26 Å². The summed E-state index contributed by atoms with van der Waals surface area (Å²) in [5.41, 5.74) is 0. The van der Waals surface area contributed by atoms with Crippen LogP contribution in [0, 0.1) is 16.5 Å². The van der Waals surface area contributed by atoms with Gasteiger partial charge in [0.15, 0.2) is 11.6 Å². The van der Waals surface area contributed by atoms with Crippen molar-refractivity contribution in [1.82, 2.24) is 0 Å². The Morgan fingerprint density at radius 2 is 2.25 bits per heavy atom. The lowest BCUT2D eigenvalue weighted by Gasteiger charge is -2.00. The second-order valence-electron chi connectivity index (χ2n) is 1.93. The summed E-state index contributed by atoms with van der Waals surface area (Å²) in [6, 6.07) is 2.61. The van der Waals surface area contributed by atoms with E-state index in [0.717, 1.165) is 6.07 Å². The van der Waals surface area contributed by atoms with Crippen molar-refractivity contribution < 1.29 is 9.50 Å². The fraction of sp³-hybridized carbons (Fsp3) is 0. The molecule has 0 atom stereocenters. The molecule has 1 rings (SSSR count). The quantitative estimate of drug-likeness (QED) is 0.613. The van der Waals surface area contributed by atoms with Crippen LogP contribution in [-0.4, -0.2) is 5.11 Å². The molecule has 0 amide bonds. The molecule has 0 radical (unpaired) electrons. The van der Waals surface area contributed by atoms with Crippen molar-refractivity contribution in [2.24, 2.45) is 0 Å². The number of phenols is 1. The van der Waals surface area contributed by atoms with Crippen molar-refractivity contribution in [3.05, 3.63) is 22.4 Å². The van der Waals surface area contributed by atoms with Crippen LogP contribution >= 0.6 is 27.7 Å². The monoisotopic (exact) mass is 247 g/mol. The zero-order chi connectivity index (χ0) is 9.14. The van der Waals surface area contributed by atoms with E-state index in [9.17, 15) is 4.39 Å². The molecule has 0 aromatic heterocycles. The average Bonchev–Trinajstić information content (AvgIpc) is 2.00. The molecule has 0 unspecified atom stereocenters. The lowest BCUT2D eigenvalue weighted by Crippen LogP contribution is -1.79. The van der Waals surface area contributed by atoms with E-state index < -0.39 is 11.6 Å². The predicted molar refractivity (Wildman–Crippen MR) is 47.2 cm³/mol. The Morgan fingerprint density at radius 1 is 1.58 bits per heavy atom. The number of hydrogen-bond donors (Lipinski definition) is 1. The van der Waals surface area contributed by atoms with E-state index in [0.29, 0.717) is 16.2 Å². The van der Waals surface area contributed by atoms with Gasteiger partial charge in [0, 0.05) is 4.47 Å². The average molecular weight is 248 g/mol. The first-order valence-electron chi connectivity index (χ1n) is 2.89. The molecule has 0 saturated heterocycles. The summed E-state index contributed by atoms with van der Waals surface area (Å²) in [6.45, 7) is 0. The van der Waals surface area contributed by atoms with Gasteiger partial charge in [0.25, 0.3) is 0 Å². The van der Waals surface area contributed by atoms with Crippen LogP contribution in [0.2, 0.25) is 0 Å². The van der Waals surface area contributed by atoms with Gasteiger partial charge in [-0.15, -0.1) is 0 Å². The van der Waals surface area contributed by atoms with Gasteiger partial charge in [-0.05, 0) is 23.9 Å². The van der Waals surface area contributed by atoms with Crippen LogP contribution in [0.4, 0.5) is 4.39 Å². The molecule has 0 heterocycles. The van der Waals surface area contributed by atoms with Crippen LogP contribution in [0.1, 0.15) is 0 Å². The summed E-state index contributed by atoms with van der Waals surface area (Å²) in [5.74, 6) is -1.22. The van der Waals surface area contributed by atoms with Gasteiger partial charge in [-0.25, -0.2) is 4.39 Å². The number of rotatable bonds is 1. The second-order valence-corrected chi connectivity index (χ2v) is 3.67. The number of thiocyanates is 1. The Hall–Kier alpha value is -0.730. The summed E-state index contributed by atoms with van der Waals surface area (Å²) < 4.78 is 13.3. The SMILES string of the molecule is N#CSc1cc(Br)cc(F)c1O. The highest BCUT2D eigenvalue weighted by Crippen LogP contribution is 2.32. The van der Waals surface area contributed by atoms with E-state index in [2.05, 4.69) is 15.9 Å². The van der Waals surface area contributed by atoms with Gasteiger partial charge < -0.3 is 5.11 Å². The molecule has 12 heavy (non-hydrogen) atoms. The minimum Gasteiger partial charge on any atom is -0.504 e. The fourth-order valence-corrected chi connectivity index (χ4v) is 1.73. The molecule has 0 aliphatic carbocycles. The number of hydrogen-bond acceptors (Lipinski definition) is 3. The first kappa shape index (κ1) is 9.36. The smallest absolute Gasteiger partial charge is 0.167 e. The van der Waals surface area contributed by atoms with E-state index in [-0.39, 0.29) is 4.90 Å². The summed E-state index contributed by atoms with van der Waals surface area (Å²) in [6.07, 6.45) is 0. The van der Waals surface area contributed by atoms with Gasteiger partial charge in [0.2, 0.25) is 0 Å². The van der Waals surface area contributed by atoms with Crippen molar-refractivity contribution in [3.63, 3.8) is 0 Å². The molecule has 1 aromatic carbocycles. The van der Waals surface area contributed by atoms with Gasteiger partial charge in [-0.3, -0.25) is 0 Å². The summed E-state index contributed by atoms with van der Waals surface area (Å²) in [5, 5.41) is 19.1. The Bertz CT molecular complexity index is 350. The van der Waals surface area contributed by atoms with Crippen LogP contribution < -0.4 is 0 Å². The lowest BCUT2D eigenvalue weighted by atomic mass is 10.3. The molecule has 62 valence electrons. The third-order valence-electron chi connectivity index (χ3n) is 1.15. The van der Waals surface area contributed by atoms with Gasteiger partial charge in [-0.1, -0.05) is 15.9 Å². The maximum atomic E-state index is 12.8. The summed E-state index contributed by atoms with van der Waals surface area (Å²) >= 11 is 3.76. The van der Waals surface area contributed by atoms with Crippen molar-refractivity contribution in [1.29, 1.82) is 5.26 Å². The molecular weight excluding hydrogens is 245 g/mol. The zero-order valence-corrected chi connectivity index (χ0v) is 8.12. The number of nitrogens with zero attached hydrogens (tertiary/aromatic N) is 1. The van der Waals surface area contributed by atoms with Crippen LogP contribution in [0.25, 0.3) is 0 Å². The summed E-state index contributed by atoms with van der Waals surface area (Å²) in [7, 11) is 0. The second kappa shape index (κ2) is 3.78. The topological polar surface area (TPSA) is 44.0 Å². The molecule has 0 saturated carbocycles. The highest BCUT2D eigenvalue weighted by molar-refractivity contribution is 9.10. The van der Waals surface area contributed by atoms with Crippen LogP contribution in [0.5, 0.6) is 5.75 Å². The Kier molecular flexibility index (Phi) is 2.95. The molecule has 0 aliphatic rings. The molecule has 0 spiro atoms. The van der Waals surface area contributed by atoms with E-state index in [1.807, 2.05) is 0 Å². The van der Waals surface area contributed by atoms with E-state index in [1.54, 1.807) is 5.40 Å². The van der Waals surface area contributed by atoms with Crippen molar-refractivity contribution in [2.45, 2.75) is 4.90 Å². The molecule has 5 heteroatoms. The van der Waals surface area contributed by atoms with E-state index in [1.165, 1.54) is 6.07 Å². The highest BCUT2D eigenvalue weighted by Gasteiger charge is 2.08. The molecule has 0 fully saturated rings. The summed E-state index contributed by atoms with van der Waals surface area (Å²) in [4.78, 5) is 0.212. The minimum absolute atomic E-state index is 0.212. The number of phenolic OH excluding ortho intramolecular Hbond substituents is 1. The maximum Gasteiger partial charge on any atom is 0.167 e. The molecule has 1 N–H and O–H groups in total. The normalized spacial score (nSPS) is 9.42. The first-order valence-corrected chi connectivity index (χ1v) is 4.50. The third-order valence-corrected chi connectivity index (χ3v) is 2.23. The van der Waals surface area contributed by atoms with E-state index in [4.69, 9.17) is 10.4 Å². The molecule has 0 bridgehead atoms. The number of thioether (sulfide) groups is 1. The predicted octanol–water partition coefficient (Wildman–Crippen LogP) is 2.87. The van der Waals surface area contributed by atoms with Crippen molar-refractivity contribution in [2.75, 3.05) is 0 Å². The number of benzene rings is 1. The van der Waals surface area contributed by atoms with Crippen LogP contribution in [0.15, 0.2) is 21.5 Å². The Morgan fingerprint density at radius 3 is 2.83 bits per heavy atom. The maximum absolute atomic E-state index is 12.8. The molecule has 0 aliphatic heterocycles. The lowest BCUT2D eigenvalue weighted by molar-refractivity contribution is 0.419. The molecular formula is C7H3BrFNOS. The largest absolute Gasteiger partial charge is 0.504 e. The van der Waals surface area contributed by atoms with Crippen LogP contribution in [-0.2, 0) is 0 Å². The van der Waals surface area contributed by atoms with Crippen molar-refractivity contribution >= 4 is 27.7 Å². The van der Waals surface area contributed by atoms with Gasteiger partial charge >= 0.3 is 0 Å². The number of nitriles is 1. The minimum atomic E-state index is -0.734. The Labute approximate surface area is 81.1 Å². The first-order chi connectivity index (χ1) is 5.65. The Balaban J connectivity index is 3.20. The number of halogens is 2. The van der Waals surface area contributed by atoms with Gasteiger partial charge in [0.1, 0.15) is 5.40 Å². The van der Waals surface area contributed by atoms with Gasteiger partial charge in [0.05, 0.1) is 4.90 Å². The third kappa shape index (κ3) is 1.90. The molecule has 1 aromatic rings. The standard InChI is InChI=1S/C7H3BrFNOS/c8-4-1-5(9)7(11)6(2-4)12-3-10/h1-2,11H. The van der Waals surface area contributed by atoms with Crippen molar-refractivity contribution in [3.8, 4) is 11.2 Å². The molecule has 2 nitrogen and oxygen atoms in total. The van der Waals surface area contributed by atoms with E-state index >= 15 is 0 Å².